The summed E-state index contributed by atoms with van der Waals surface area (Å²) in [5, 5.41) is 89.0. The average molecular weight is 1880 g/mol. The summed E-state index contributed by atoms with van der Waals surface area (Å²) in [6, 6.07) is 53.0. The van der Waals surface area contributed by atoms with Crippen LogP contribution in [0.25, 0.3) is 0 Å². The number of rotatable bonds is 18. The quantitative estimate of drug-likeness (QED) is 0.0780. The van der Waals surface area contributed by atoms with Crippen LogP contribution in [0.2, 0.25) is 0 Å². The summed E-state index contributed by atoms with van der Waals surface area (Å²) in [4.78, 5) is 105. The summed E-state index contributed by atoms with van der Waals surface area (Å²) < 4.78 is 0. The van der Waals surface area contributed by atoms with Gasteiger partial charge in [0, 0.05) is 152 Å². The van der Waals surface area contributed by atoms with Crippen molar-refractivity contribution in [3.63, 3.8) is 0 Å². The minimum Gasteiger partial charge on any atom is -0.545 e. The maximum absolute atomic E-state index is 11.4. The molecule has 138 heavy (non-hydrogen) atoms. The second-order valence-electron chi connectivity index (χ2n) is 42.2. The van der Waals surface area contributed by atoms with Gasteiger partial charge < -0.3 is 118 Å². The number of nitrogens with one attached hydrogen (secondary N) is 1. The van der Waals surface area contributed by atoms with E-state index in [9.17, 15) is 79.2 Å². The fourth-order valence-electron chi connectivity index (χ4n) is 24.5. The molecule has 8 aromatic carbocycles. The molecule has 740 valence electrons. The molecule has 6 saturated heterocycles. The van der Waals surface area contributed by atoms with Crippen LogP contribution in [0.4, 0.5) is 45.5 Å². The summed E-state index contributed by atoms with van der Waals surface area (Å²) in [5.74, 6) is -3.29. The molecule has 8 aromatic rings. The maximum atomic E-state index is 11.4. The van der Waals surface area contributed by atoms with Gasteiger partial charge in [-0.1, -0.05) is 117 Å². The first kappa shape index (κ1) is 103. The van der Waals surface area contributed by atoms with E-state index in [2.05, 4.69) is 98.2 Å². The number of anilines is 8. The number of carboxylic acids is 8. The van der Waals surface area contributed by atoms with Crippen LogP contribution in [0.1, 0.15) is 302 Å². The number of aryl methyl sites for hydroxylation is 2. The number of hydrogen-bond donors (Lipinski definition) is 1. The SMILES string of the molecule is CC(C)(C)N(c1ccc(C(=O)[O-])cc1)C(C)(C)C.Cc1cc(N2CCCCCCC2)cc(C)c1C(=O)[O-].O=C([O-])c1ccc(N(C23CC4CC(CC(C4)C2)C3)C23CC4CC(CC(C4)C2)C3)cc1.O=C([O-])c1ccc(N2CC2)cc1.O=C([O-])c1ccc(N2CCCC2)cc1.O=C([O-])c1ccc(N2CCCCC2)cc1.O=C([O-])c1ccc(N2CCCCCC2)cc1.O=C([O-])c1ccc(N2CCNC2)cc1. The Labute approximate surface area is 815 Å². The van der Waals surface area contributed by atoms with Crippen LogP contribution >= 0.6 is 0 Å². The molecule has 0 spiro atoms. The maximum Gasteiger partial charge on any atom is 0.0720 e. The number of aromatic carboxylic acids is 8. The van der Waals surface area contributed by atoms with Crippen LogP contribution in [-0.2, 0) is 0 Å². The Morgan fingerprint density at radius 1 is 0.275 bits per heavy atom. The first-order valence-electron chi connectivity index (χ1n) is 50.3. The van der Waals surface area contributed by atoms with Gasteiger partial charge in [-0.2, -0.15) is 0 Å². The number of nitrogens with zero attached hydrogens (tertiary/aromatic N) is 8. The van der Waals surface area contributed by atoms with Crippen LogP contribution in [-0.4, -0.2) is 155 Å². The Hall–Kier alpha value is -12.1. The average Bonchev–Trinajstić information content (AvgIpc) is 0.745. The van der Waals surface area contributed by atoms with Crippen molar-refractivity contribution in [3.05, 3.63) is 238 Å². The van der Waals surface area contributed by atoms with Gasteiger partial charge in [-0.3, -0.25) is 5.32 Å². The molecule has 0 atom stereocenters. The van der Waals surface area contributed by atoms with Crippen LogP contribution in [0.15, 0.2) is 182 Å². The van der Waals surface area contributed by atoms with Crippen molar-refractivity contribution in [3.8, 4) is 0 Å². The van der Waals surface area contributed by atoms with Crippen molar-refractivity contribution >= 4 is 93.3 Å². The highest BCUT2D eigenvalue weighted by Crippen LogP contribution is 2.65. The number of carbonyl (C=O) groups excluding carboxylic acids is 8. The topological polar surface area (TPSA) is 359 Å². The zero-order valence-electron chi connectivity index (χ0n) is 82.0. The largest absolute Gasteiger partial charge is 0.545 e. The smallest absolute Gasteiger partial charge is 0.0720 e. The van der Waals surface area contributed by atoms with E-state index >= 15 is 0 Å². The molecule has 1 N–H and O–H groups in total. The third kappa shape index (κ3) is 27.7. The highest BCUT2D eigenvalue weighted by molar-refractivity contribution is 5.92. The van der Waals surface area contributed by atoms with Gasteiger partial charge in [-0.15, -0.1) is 0 Å². The minimum atomic E-state index is -1.14. The molecule has 6 aliphatic heterocycles. The molecule has 25 heteroatoms. The van der Waals surface area contributed by atoms with Crippen molar-refractivity contribution in [1.29, 1.82) is 0 Å². The summed E-state index contributed by atoms with van der Waals surface area (Å²) in [5.41, 5.74) is 13.2. The highest BCUT2D eigenvalue weighted by atomic mass is 16.4. The van der Waals surface area contributed by atoms with Crippen molar-refractivity contribution in [2.45, 2.75) is 244 Å². The third-order valence-corrected chi connectivity index (χ3v) is 29.7. The van der Waals surface area contributed by atoms with Crippen LogP contribution in [0, 0.1) is 49.4 Å². The number of hydrogen-bond acceptors (Lipinski definition) is 25. The highest BCUT2D eigenvalue weighted by Gasteiger charge is 2.62. The van der Waals surface area contributed by atoms with Crippen LogP contribution in [0.5, 0.6) is 0 Å². The van der Waals surface area contributed by atoms with Gasteiger partial charge in [0.15, 0.2) is 0 Å². The molecule has 0 unspecified atom stereocenters. The number of carboxylic acid groups (broad SMARTS) is 8. The molecular weight excluding hydrogens is 1740 g/mol. The van der Waals surface area contributed by atoms with Gasteiger partial charge in [0.05, 0.1) is 54.4 Å². The molecule has 6 heterocycles. The van der Waals surface area contributed by atoms with Crippen LogP contribution < -0.4 is 85.4 Å². The second kappa shape index (κ2) is 47.0. The Bertz CT molecular complexity index is 5150. The fraction of sp³-hybridized carbons (Fsp3) is 0.504. The van der Waals surface area contributed by atoms with Crippen LogP contribution in [0.3, 0.4) is 0 Å². The molecule has 8 aliphatic carbocycles. The molecule has 0 amide bonds. The molecule has 22 rings (SSSR count). The van der Waals surface area contributed by atoms with E-state index in [0.29, 0.717) is 22.2 Å². The number of piperidine rings is 1. The number of benzene rings is 8. The lowest BCUT2D eigenvalue weighted by molar-refractivity contribution is -0.256. The summed E-state index contributed by atoms with van der Waals surface area (Å²) >= 11 is 0. The Kier molecular flexibility index (Phi) is 35.2. The van der Waals surface area contributed by atoms with Gasteiger partial charge in [0.25, 0.3) is 0 Å². The van der Waals surface area contributed by atoms with Gasteiger partial charge >= 0.3 is 0 Å². The molecule has 25 nitrogen and oxygen atoms in total. The molecule has 14 fully saturated rings. The van der Waals surface area contributed by atoms with E-state index in [0.717, 1.165) is 172 Å². The second-order valence-corrected chi connectivity index (χ2v) is 42.2. The predicted octanol–water partition coefficient (Wildman–Crippen LogP) is 12.1. The Morgan fingerprint density at radius 3 is 0.725 bits per heavy atom. The zero-order chi connectivity index (χ0) is 98.6. The Morgan fingerprint density at radius 2 is 0.493 bits per heavy atom. The summed E-state index contributed by atoms with van der Waals surface area (Å²) in [6.07, 6.45) is 34.7. The van der Waals surface area contributed by atoms with E-state index in [4.69, 9.17) is 0 Å². The zero-order valence-corrected chi connectivity index (χ0v) is 82.0. The lowest BCUT2D eigenvalue weighted by Crippen LogP contribution is -2.70. The van der Waals surface area contributed by atoms with E-state index in [1.807, 2.05) is 74.5 Å². The minimum absolute atomic E-state index is 0.0404. The van der Waals surface area contributed by atoms with Crippen molar-refractivity contribution in [2.24, 2.45) is 35.5 Å². The van der Waals surface area contributed by atoms with E-state index < -0.39 is 47.8 Å². The predicted molar refractivity (Wildman–Crippen MR) is 528 cm³/mol. The van der Waals surface area contributed by atoms with E-state index in [-0.39, 0.29) is 44.5 Å². The molecule has 14 aliphatic rings. The molecular formula is C113H139N9O16-8. The van der Waals surface area contributed by atoms with Gasteiger partial charge in [0.1, 0.15) is 0 Å². The third-order valence-electron chi connectivity index (χ3n) is 29.7. The monoisotopic (exact) mass is 1880 g/mol. The molecule has 8 bridgehead atoms. The standard InChI is InChI=1S/C27H35NO2.C16H23NO2.C15H23NO2.C13H17NO2.C12H15NO2.C11H13NO2.C10H12N2O2.C9H9NO2/c29-25(30)23-1-3-24(4-2-23)28(26-11-17-5-18(12-26)7-19(6-17)13-26)27-14-20-8-21(15-27)10-22(9-20)16-27;1-12-10-14(11-13(2)15(12)16(18)19)17-8-6-4-3-5-7-9-17;1-14(2,3)16(15(4,5)6)12-9-7-11(8-10-12)13(17)18;15-13(16)11-5-7-12(8-6-11)14-9-3-1-2-4-10-14;14-12(15)10-4-6-11(7-5-10)13-8-2-1-3-9-13;13-11(14)9-3-5-10(6-4-9)12-7-1-2-8-12;13-10(14)8-1-3-9(4-2-8)12-6-5-11-7-12;11-9(12)7-1-3-8(4-2-7)10-5-6-10/h1-4,17-22H,5-16H2,(H,29,30);10-11H,3-9H2,1-2H3,(H,18,19);7-10H,1-6H3,(H,17,18);5-8H,1-4,9-10H2,(H,15,16);4-7H,1-3,8-9H2,(H,14,15);3-6H,1-2,7-8H2,(H,13,14);1-4,11H,5-7H2,(H,13,14);1-4H,5-6H2,(H,11,12)/p-8. The van der Waals surface area contributed by atoms with E-state index in [1.54, 1.807) is 109 Å². The Balaban J connectivity index is 0.000000136. The van der Waals surface area contributed by atoms with Crippen molar-refractivity contribution in [2.75, 3.05) is 124 Å². The first-order chi connectivity index (χ1) is 66.0. The van der Waals surface area contributed by atoms with Crippen molar-refractivity contribution < 1.29 is 79.2 Å². The lowest BCUT2D eigenvalue weighted by Gasteiger charge is -2.69. The molecule has 0 aromatic heterocycles. The normalized spacial score (nSPS) is 22.5. The van der Waals surface area contributed by atoms with Gasteiger partial charge in [0.2, 0.25) is 0 Å². The summed E-state index contributed by atoms with van der Waals surface area (Å²) in [7, 11) is 0. The lowest BCUT2D eigenvalue weighted by atomic mass is 9.48. The number of carbonyl (C=O) groups is 8. The first-order valence-corrected chi connectivity index (χ1v) is 50.3. The van der Waals surface area contributed by atoms with Gasteiger partial charge in [-0.05, 0) is 373 Å². The van der Waals surface area contributed by atoms with Gasteiger partial charge in [-0.25, -0.2) is 0 Å². The summed E-state index contributed by atoms with van der Waals surface area (Å²) in [6.45, 7) is 30.1. The fourth-order valence-corrected chi connectivity index (χ4v) is 24.5. The molecule has 8 saturated carbocycles. The molecule has 0 radical (unpaired) electrons. The van der Waals surface area contributed by atoms with Crippen molar-refractivity contribution in [1.82, 2.24) is 5.32 Å². The van der Waals surface area contributed by atoms with E-state index in [1.165, 1.54) is 173 Å².